The average molecular weight is 1150 g/mol. The summed E-state index contributed by atoms with van der Waals surface area (Å²) in [4.78, 5) is 38.0. The molecule has 0 aliphatic heterocycles. The van der Waals surface area contributed by atoms with Crippen LogP contribution in [0, 0.1) is 0 Å². The van der Waals surface area contributed by atoms with Gasteiger partial charge in [0.2, 0.25) is 0 Å². The second kappa shape index (κ2) is 62.5. The number of esters is 2. The lowest BCUT2D eigenvalue weighted by atomic mass is 10.0. The van der Waals surface area contributed by atoms with E-state index in [1.165, 1.54) is 321 Å². The Bertz CT molecular complexity index is 1310. The normalized spacial score (nSPS) is 13.0. The van der Waals surface area contributed by atoms with Crippen molar-refractivity contribution in [1.82, 2.24) is 0 Å². The van der Waals surface area contributed by atoms with Crippen LogP contribution in [0.1, 0.15) is 386 Å². The lowest BCUT2D eigenvalue weighted by Crippen LogP contribution is -2.37. The van der Waals surface area contributed by atoms with Crippen molar-refractivity contribution < 1.29 is 42.1 Å². The van der Waals surface area contributed by atoms with Gasteiger partial charge < -0.3 is 27.9 Å². The van der Waals surface area contributed by atoms with E-state index in [1.54, 1.807) is 0 Å². The Morgan fingerprint density at radius 3 is 0.800 bits per heavy atom. The molecule has 0 amide bonds. The Labute approximate surface area is 499 Å². The molecule has 0 aromatic heterocycles. The highest BCUT2D eigenvalue weighted by atomic mass is 31.2. The molecule has 0 saturated heterocycles. The van der Waals surface area contributed by atoms with Crippen molar-refractivity contribution in [2.75, 3.05) is 47.5 Å². The first-order chi connectivity index (χ1) is 39.0. The number of carbonyl (C=O) groups excluding carboxylic acids is 2. The molecule has 0 aromatic rings. The number of quaternary nitrogens is 1. The summed E-state index contributed by atoms with van der Waals surface area (Å²) < 4.78 is 34.3. The highest BCUT2D eigenvalue weighted by molar-refractivity contribution is 7.45. The molecule has 0 bridgehead atoms. The van der Waals surface area contributed by atoms with Crippen molar-refractivity contribution in [3.63, 3.8) is 0 Å². The number of phosphoric ester groups is 1. The van der Waals surface area contributed by atoms with Crippen LogP contribution < -0.4 is 4.89 Å². The molecule has 0 aromatic carbocycles. The second-order valence-electron chi connectivity index (χ2n) is 26.0. The van der Waals surface area contributed by atoms with Crippen molar-refractivity contribution in [2.24, 2.45) is 0 Å². The minimum absolute atomic E-state index is 0.0248. The highest BCUT2D eigenvalue weighted by Gasteiger charge is 2.22. The van der Waals surface area contributed by atoms with E-state index in [4.69, 9.17) is 18.5 Å². The van der Waals surface area contributed by atoms with Gasteiger partial charge in [0.05, 0.1) is 27.7 Å². The summed E-state index contributed by atoms with van der Waals surface area (Å²) in [5.41, 5.74) is 0. The fourth-order valence-electron chi connectivity index (χ4n) is 11.1. The largest absolute Gasteiger partial charge is 0.756 e. The van der Waals surface area contributed by atoms with Gasteiger partial charge in [-0.2, -0.15) is 0 Å². The van der Waals surface area contributed by atoms with Crippen molar-refractivity contribution in [3.8, 4) is 0 Å². The summed E-state index contributed by atoms with van der Waals surface area (Å²) in [6.45, 7) is 4.33. The number of hydrogen-bond donors (Lipinski definition) is 0. The highest BCUT2D eigenvalue weighted by Crippen LogP contribution is 2.38. The first-order valence-electron chi connectivity index (χ1n) is 35.7. The van der Waals surface area contributed by atoms with Crippen LogP contribution in [0.3, 0.4) is 0 Å². The zero-order valence-corrected chi connectivity index (χ0v) is 55.5. The fourth-order valence-corrected chi connectivity index (χ4v) is 11.9. The van der Waals surface area contributed by atoms with Crippen LogP contribution in [0.2, 0.25) is 0 Å². The molecule has 0 radical (unpaired) electrons. The van der Waals surface area contributed by atoms with Gasteiger partial charge in [-0.05, 0) is 12.8 Å². The number of unbranched alkanes of at least 4 members (excludes halogenated alkanes) is 54. The molecule has 0 N–H and O–H groups in total. The molecule has 2 unspecified atom stereocenters. The number of hydrogen-bond acceptors (Lipinski definition) is 8. The standard InChI is InChI=1S/C70H140NO8P/c1-6-8-10-12-14-16-18-20-22-24-26-28-29-30-31-32-33-34-35-36-37-38-39-40-41-42-43-45-47-49-51-53-55-57-59-61-63-70(73)79-68(67-78-80(74,75)77-65-64-71(3,4)5)66-76-69(72)62-60-58-56-54-52-50-48-46-44-27-25-23-21-19-17-15-13-11-9-7-2/h68H,6-67H2,1-5H3. The van der Waals surface area contributed by atoms with Gasteiger partial charge in [-0.3, -0.25) is 14.2 Å². The van der Waals surface area contributed by atoms with Gasteiger partial charge in [-0.1, -0.05) is 361 Å². The predicted octanol–water partition coefficient (Wildman–Crippen LogP) is 22.3. The first-order valence-corrected chi connectivity index (χ1v) is 37.2. The predicted molar refractivity (Wildman–Crippen MR) is 342 cm³/mol. The summed E-state index contributed by atoms with van der Waals surface area (Å²) in [6, 6.07) is 0. The lowest BCUT2D eigenvalue weighted by molar-refractivity contribution is -0.870. The zero-order valence-electron chi connectivity index (χ0n) is 54.6. The van der Waals surface area contributed by atoms with Gasteiger partial charge in [0, 0.05) is 12.8 Å². The molecule has 478 valence electrons. The quantitative estimate of drug-likeness (QED) is 0.0256. The summed E-state index contributed by atoms with van der Waals surface area (Å²) in [6.07, 6.45) is 74.9. The second-order valence-corrected chi connectivity index (χ2v) is 27.4. The average Bonchev–Trinajstić information content (AvgIpc) is 3.42. The molecule has 9 nitrogen and oxygen atoms in total. The topological polar surface area (TPSA) is 111 Å². The molecule has 0 aliphatic carbocycles. The van der Waals surface area contributed by atoms with Crippen molar-refractivity contribution in [2.45, 2.75) is 392 Å². The molecule has 0 saturated carbocycles. The molecule has 0 heterocycles. The van der Waals surface area contributed by atoms with Crippen LogP contribution in [0.4, 0.5) is 0 Å². The number of rotatable bonds is 68. The van der Waals surface area contributed by atoms with E-state index in [1.807, 2.05) is 21.1 Å². The van der Waals surface area contributed by atoms with E-state index in [0.29, 0.717) is 17.4 Å². The van der Waals surface area contributed by atoms with Crippen LogP contribution >= 0.6 is 7.82 Å². The Morgan fingerprint density at radius 1 is 0.338 bits per heavy atom. The van der Waals surface area contributed by atoms with Crippen LogP contribution in [-0.2, 0) is 32.7 Å². The van der Waals surface area contributed by atoms with Crippen LogP contribution in [0.15, 0.2) is 0 Å². The number of ether oxygens (including phenoxy) is 2. The van der Waals surface area contributed by atoms with E-state index >= 15 is 0 Å². The Kier molecular flexibility index (Phi) is 61.8. The molecule has 0 fully saturated rings. The maximum absolute atomic E-state index is 12.9. The third-order valence-electron chi connectivity index (χ3n) is 16.6. The third-order valence-corrected chi connectivity index (χ3v) is 17.6. The van der Waals surface area contributed by atoms with Crippen molar-refractivity contribution in [3.05, 3.63) is 0 Å². The molecular weight excluding hydrogens is 1010 g/mol. The first kappa shape index (κ1) is 79.0. The van der Waals surface area contributed by atoms with Gasteiger partial charge in [0.15, 0.2) is 6.10 Å². The van der Waals surface area contributed by atoms with Crippen LogP contribution in [0.5, 0.6) is 0 Å². The Morgan fingerprint density at radius 2 is 0.562 bits per heavy atom. The van der Waals surface area contributed by atoms with Gasteiger partial charge in [-0.25, -0.2) is 0 Å². The van der Waals surface area contributed by atoms with Crippen molar-refractivity contribution in [1.29, 1.82) is 0 Å². The van der Waals surface area contributed by atoms with E-state index in [9.17, 15) is 19.0 Å². The zero-order chi connectivity index (χ0) is 58.4. The van der Waals surface area contributed by atoms with Gasteiger partial charge >= 0.3 is 11.9 Å². The van der Waals surface area contributed by atoms with Crippen LogP contribution in [0.25, 0.3) is 0 Å². The molecule has 0 spiro atoms. The molecule has 0 rings (SSSR count). The summed E-state index contributed by atoms with van der Waals surface area (Å²) >= 11 is 0. The number of phosphoric acid groups is 1. The molecule has 0 aliphatic rings. The maximum Gasteiger partial charge on any atom is 0.306 e. The number of likely N-dealkylation sites (N-methyl/N-ethyl adjacent to an activating group) is 1. The van der Waals surface area contributed by atoms with E-state index in [-0.39, 0.29) is 32.0 Å². The van der Waals surface area contributed by atoms with Crippen molar-refractivity contribution >= 4 is 19.8 Å². The minimum atomic E-state index is -4.63. The molecule has 10 heteroatoms. The molecule has 2 atom stereocenters. The maximum atomic E-state index is 12.9. The lowest BCUT2D eigenvalue weighted by Gasteiger charge is -2.28. The van der Waals surface area contributed by atoms with Gasteiger partial charge in [0.25, 0.3) is 7.82 Å². The molecular formula is C70H140NO8P. The monoisotopic (exact) mass is 1150 g/mol. The molecule has 80 heavy (non-hydrogen) atoms. The van der Waals surface area contributed by atoms with Crippen LogP contribution in [-0.4, -0.2) is 70.0 Å². The van der Waals surface area contributed by atoms with Gasteiger partial charge in [0.1, 0.15) is 19.8 Å². The Balaban J connectivity index is 3.90. The van der Waals surface area contributed by atoms with E-state index in [2.05, 4.69) is 13.8 Å². The smallest absolute Gasteiger partial charge is 0.306 e. The number of carbonyl (C=O) groups is 2. The summed E-state index contributed by atoms with van der Waals surface area (Å²) in [5, 5.41) is 0. The van der Waals surface area contributed by atoms with Gasteiger partial charge in [-0.15, -0.1) is 0 Å². The summed E-state index contributed by atoms with van der Waals surface area (Å²) in [5.74, 6) is -0.804. The number of nitrogens with zero attached hydrogens (tertiary/aromatic N) is 1. The SMILES string of the molecule is CCCCCCCCCCCCCCCCCCCCCCCCCCCCCCCCCCCCCCC(=O)OC(COC(=O)CCCCCCCCCCCCCCCCCCCCCC)COP(=O)([O-])OCC[N+](C)(C)C. The minimum Gasteiger partial charge on any atom is -0.756 e. The Hall–Kier alpha value is -0.990. The van der Waals surface area contributed by atoms with E-state index < -0.39 is 26.5 Å². The van der Waals surface area contributed by atoms with E-state index in [0.717, 1.165) is 32.1 Å². The summed E-state index contributed by atoms with van der Waals surface area (Å²) in [7, 11) is 1.20. The fraction of sp³-hybridized carbons (Fsp3) is 0.971. The third kappa shape index (κ3) is 66.2.